The summed E-state index contributed by atoms with van der Waals surface area (Å²) in [5, 5.41) is 27.8. The van der Waals surface area contributed by atoms with Gasteiger partial charge in [-0.2, -0.15) is 13.2 Å². The molecule has 0 aromatic rings. The molecule has 0 saturated heterocycles. The number of aliphatic hydroxyl groups excluding tert-OH is 2. The number of rotatable bonds is 14. The zero-order valence-electron chi connectivity index (χ0n) is 15.3. The SMILES string of the molecule is O=C(O)CCC[C@H](O)\C=C/C=C/C=C/[C@H](O)C/C=C\CCCCC(F)(F)F. The van der Waals surface area contributed by atoms with Crippen LogP contribution < -0.4 is 0 Å². The van der Waals surface area contributed by atoms with Crippen LogP contribution in [0.15, 0.2) is 48.6 Å². The number of carboxylic acid groups (broad SMARTS) is 1. The van der Waals surface area contributed by atoms with Crippen LogP contribution in [0.25, 0.3) is 0 Å². The molecule has 2 atom stereocenters. The molecule has 0 amide bonds. The molecular weight excluding hydrogens is 361 g/mol. The quantitative estimate of drug-likeness (QED) is 0.228. The normalized spacial score (nSPS) is 15.4. The largest absolute Gasteiger partial charge is 0.481 e. The number of carbonyl (C=O) groups is 1. The maximum absolute atomic E-state index is 11.9. The number of unbranched alkanes of at least 4 members (excludes halogenated alkanes) is 2. The first-order valence-electron chi connectivity index (χ1n) is 9.02. The van der Waals surface area contributed by atoms with Crippen molar-refractivity contribution in [3.8, 4) is 0 Å². The minimum absolute atomic E-state index is 0.0311. The summed E-state index contributed by atoms with van der Waals surface area (Å²) in [7, 11) is 0. The summed E-state index contributed by atoms with van der Waals surface area (Å²) in [5.74, 6) is -0.883. The Morgan fingerprint density at radius 2 is 1.52 bits per heavy atom. The number of hydrogen-bond acceptors (Lipinski definition) is 3. The van der Waals surface area contributed by atoms with E-state index >= 15 is 0 Å². The second-order valence-corrected chi connectivity index (χ2v) is 6.14. The first-order chi connectivity index (χ1) is 12.7. The van der Waals surface area contributed by atoms with Gasteiger partial charge in [0.25, 0.3) is 0 Å². The first kappa shape index (κ1) is 25.1. The standard InChI is InChI=1S/C20H29F3O4/c21-20(22,23)16-9-5-1-2-6-11-17(24)12-7-3-4-8-13-18(25)14-10-15-19(26)27/h2-4,6-8,12-13,17-18,24-25H,1,5,9-11,14-16H2,(H,26,27)/b4-3+,6-2-,12-7+,13-8-/t17-,18-/m1/s1. The highest BCUT2D eigenvalue weighted by atomic mass is 19.4. The average molecular weight is 390 g/mol. The molecule has 0 aliphatic rings. The van der Waals surface area contributed by atoms with Crippen molar-refractivity contribution in [2.45, 2.75) is 69.8 Å². The van der Waals surface area contributed by atoms with Gasteiger partial charge in [0.2, 0.25) is 0 Å². The number of allylic oxidation sites excluding steroid dienone is 5. The summed E-state index contributed by atoms with van der Waals surface area (Å²) in [5.41, 5.74) is 0. The first-order valence-corrected chi connectivity index (χ1v) is 9.02. The van der Waals surface area contributed by atoms with Crippen LogP contribution in [0.4, 0.5) is 13.2 Å². The van der Waals surface area contributed by atoms with Crippen molar-refractivity contribution in [1.82, 2.24) is 0 Å². The fourth-order valence-electron chi connectivity index (χ4n) is 2.09. The predicted octanol–water partition coefficient (Wildman–Crippen LogP) is 4.70. The smallest absolute Gasteiger partial charge is 0.389 e. The summed E-state index contributed by atoms with van der Waals surface area (Å²) in [6.45, 7) is 0. The van der Waals surface area contributed by atoms with Crippen LogP contribution in [-0.2, 0) is 4.79 Å². The lowest BCUT2D eigenvalue weighted by Crippen LogP contribution is -2.05. The van der Waals surface area contributed by atoms with E-state index in [2.05, 4.69) is 0 Å². The van der Waals surface area contributed by atoms with Crippen molar-refractivity contribution in [3.63, 3.8) is 0 Å². The summed E-state index contributed by atoms with van der Waals surface area (Å²) in [4.78, 5) is 10.3. The third-order valence-corrected chi connectivity index (χ3v) is 3.52. The molecule has 0 bridgehead atoms. The van der Waals surface area contributed by atoms with E-state index in [0.717, 1.165) is 0 Å². The fraction of sp³-hybridized carbons (Fsp3) is 0.550. The second-order valence-electron chi connectivity index (χ2n) is 6.14. The summed E-state index contributed by atoms with van der Waals surface area (Å²) in [6, 6.07) is 0. The van der Waals surface area contributed by atoms with E-state index in [9.17, 15) is 28.2 Å². The Bertz CT molecular complexity index is 508. The van der Waals surface area contributed by atoms with Gasteiger partial charge < -0.3 is 15.3 Å². The Balaban J connectivity index is 3.82. The fourth-order valence-corrected chi connectivity index (χ4v) is 2.09. The molecular formula is C20H29F3O4. The molecule has 154 valence electrons. The molecule has 0 unspecified atom stereocenters. The zero-order valence-corrected chi connectivity index (χ0v) is 15.3. The highest BCUT2D eigenvalue weighted by Crippen LogP contribution is 2.22. The van der Waals surface area contributed by atoms with Crippen molar-refractivity contribution in [2.24, 2.45) is 0 Å². The van der Waals surface area contributed by atoms with Gasteiger partial charge in [-0.15, -0.1) is 0 Å². The van der Waals surface area contributed by atoms with Gasteiger partial charge in [-0.3, -0.25) is 4.79 Å². The average Bonchev–Trinajstić information content (AvgIpc) is 2.55. The van der Waals surface area contributed by atoms with Gasteiger partial charge >= 0.3 is 12.1 Å². The number of alkyl halides is 3. The lowest BCUT2D eigenvalue weighted by Gasteiger charge is -2.04. The van der Waals surface area contributed by atoms with Crippen LogP contribution in [0, 0.1) is 0 Å². The van der Waals surface area contributed by atoms with Crippen LogP contribution in [0.1, 0.15) is 51.4 Å². The summed E-state index contributed by atoms with van der Waals surface area (Å²) in [6.07, 6.45) is 9.48. The molecule has 4 nitrogen and oxygen atoms in total. The van der Waals surface area contributed by atoms with Gasteiger partial charge in [-0.05, 0) is 38.5 Å². The van der Waals surface area contributed by atoms with Gasteiger partial charge in [0.1, 0.15) is 0 Å². The number of hydrogen-bond donors (Lipinski definition) is 3. The van der Waals surface area contributed by atoms with E-state index in [-0.39, 0.29) is 12.8 Å². The van der Waals surface area contributed by atoms with Crippen LogP contribution in [-0.4, -0.2) is 39.7 Å². The van der Waals surface area contributed by atoms with E-state index < -0.39 is 30.8 Å². The molecule has 0 aliphatic carbocycles. The number of halogens is 3. The molecule has 0 aliphatic heterocycles. The van der Waals surface area contributed by atoms with Crippen LogP contribution in [0.2, 0.25) is 0 Å². The monoisotopic (exact) mass is 390 g/mol. The second kappa shape index (κ2) is 15.2. The van der Waals surface area contributed by atoms with E-state index in [0.29, 0.717) is 32.1 Å². The maximum atomic E-state index is 11.9. The van der Waals surface area contributed by atoms with Crippen LogP contribution in [0.3, 0.4) is 0 Å². The minimum Gasteiger partial charge on any atom is -0.481 e. The number of aliphatic carboxylic acids is 1. The molecule has 0 spiro atoms. The molecule has 0 rings (SSSR count). The van der Waals surface area contributed by atoms with Crippen molar-refractivity contribution < 1.29 is 33.3 Å². The molecule has 0 heterocycles. The van der Waals surface area contributed by atoms with Crippen LogP contribution in [0.5, 0.6) is 0 Å². The molecule has 0 saturated carbocycles. The maximum Gasteiger partial charge on any atom is 0.389 e. The number of carboxylic acids is 1. The Hall–Kier alpha value is -1.86. The zero-order chi connectivity index (χ0) is 20.5. The Morgan fingerprint density at radius 3 is 2.11 bits per heavy atom. The van der Waals surface area contributed by atoms with Crippen molar-refractivity contribution in [1.29, 1.82) is 0 Å². The highest BCUT2D eigenvalue weighted by molar-refractivity contribution is 5.66. The molecule has 0 fully saturated rings. The van der Waals surface area contributed by atoms with Crippen molar-refractivity contribution in [3.05, 3.63) is 48.6 Å². The van der Waals surface area contributed by atoms with E-state index in [1.165, 1.54) is 0 Å². The van der Waals surface area contributed by atoms with E-state index in [4.69, 9.17) is 5.11 Å². The molecule has 0 radical (unpaired) electrons. The Labute approximate surface area is 158 Å². The molecule has 0 aromatic heterocycles. The Kier molecular flexibility index (Phi) is 14.2. The molecule has 7 heteroatoms. The van der Waals surface area contributed by atoms with Gasteiger partial charge in [0.05, 0.1) is 12.2 Å². The van der Waals surface area contributed by atoms with E-state index in [1.54, 1.807) is 48.6 Å². The van der Waals surface area contributed by atoms with Crippen molar-refractivity contribution >= 4 is 5.97 Å². The van der Waals surface area contributed by atoms with Crippen molar-refractivity contribution in [2.75, 3.05) is 0 Å². The summed E-state index contributed by atoms with van der Waals surface area (Å²) < 4.78 is 35.8. The molecule has 0 aromatic carbocycles. The minimum atomic E-state index is -4.09. The van der Waals surface area contributed by atoms with Gasteiger partial charge in [-0.25, -0.2) is 0 Å². The van der Waals surface area contributed by atoms with Gasteiger partial charge in [-0.1, -0.05) is 48.6 Å². The Morgan fingerprint density at radius 1 is 0.889 bits per heavy atom. The van der Waals surface area contributed by atoms with E-state index in [1.807, 2.05) is 0 Å². The third-order valence-electron chi connectivity index (χ3n) is 3.52. The van der Waals surface area contributed by atoms with Gasteiger partial charge in [0.15, 0.2) is 0 Å². The topological polar surface area (TPSA) is 77.8 Å². The van der Waals surface area contributed by atoms with Gasteiger partial charge in [0, 0.05) is 12.8 Å². The lowest BCUT2D eigenvalue weighted by molar-refractivity contribution is -0.137. The van der Waals surface area contributed by atoms with Crippen LogP contribution >= 0.6 is 0 Å². The number of aliphatic hydroxyl groups is 2. The predicted molar refractivity (Wildman–Crippen MR) is 99.2 cm³/mol. The molecule has 3 N–H and O–H groups in total. The third kappa shape index (κ3) is 20.3. The molecule has 27 heavy (non-hydrogen) atoms. The lowest BCUT2D eigenvalue weighted by atomic mass is 10.1. The highest BCUT2D eigenvalue weighted by Gasteiger charge is 2.25. The summed E-state index contributed by atoms with van der Waals surface area (Å²) >= 11 is 0.